The Kier molecular flexibility index (Phi) is 7.16. The Bertz CT molecular complexity index is 1030. The van der Waals surface area contributed by atoms with Gasteiger partial charge in [0.05, 0.1) is 21.9 Å². The van der Waals surface area contributed by atoms with Gasteiger partial charge < -0.3 is 15.2 Å². The minimum absolute atomic E-state index is 0.0150. The van der Waals surface area contributed by atoms with E-state index < -0.39 is 40.1 Å². The Labute approximate surface area is 190 Å². The van der Waals surface area contributed by atoms with Crippen LogP contribution in [0.3, 0.4) is 0 Å². The van der Waals surface area contributed by atoms with Crippen LogP contribution in [0.2, 0.25) is 5.02 Å². The Hall–Kier alpha value is -2.78. The second kappa shape index (κ2) is 8.99. The summed E-state index contributed by atoms with van der Waals surface area (Å²) in [6.45, 7) is 9.10. The Morgan fingerprint density at radius 2 is 1.84 bits per heavy atom. The molecule has 1 amide bonds. The highest BCUT2D eigenvalue weighted by atomic mass is 35.5. The molecule has 32 heavy (non-hydrogen) atoms. The zero-order valence-corrected chi connectivity index (χ0v) is 19.6. The van der Waals surface area contributed by atoms with Gasteiger partial charge in [0.15, 0.2) is 5.60 Å². The van der Waals surface area contributed by atoms with Crippen molar-refractivity contribution in [1.82, 2.24) is 10.3 Å². The maximum Gasteiger partial charge on any atom is 0.408 e. The summed E-state index contributed by atoms with van der Waals surface area (Å²) in [7, 11) is 0. The molecule has 10 heteroatoms. The van der Waals surface area contributed by atoms with Crippen molar-refractivity contribution in [3.8, 4) is 11.3 Å². The molecule has 0 fully saturated rings. The molecular weight excluding hydrogens is 441 g/mol. The SMILES string of the molecule is CC(C)(C)OC(=O)NC(C)(C)c1cc(-c2ccc(F)c(Cl)c2)nc(C(C)(O)C[N+](=O)[O-])c1. The molecule has 0 aliphatic heterocycles. The molecule has 0 saturated carbocycles. The number of amides is 1. The van der Waals surface area contributed by atoms with Gasteiger partial charge in [0, 0.05) is 10.5 Å². The fourth-order valence-corrected chi connectivity index (χ4v) is 3.11. The van der Waals surface area contributed by atoms with Crippen LogP contribution in [-0.2, 0) is 15.9 Å². The fraction of sp³-hybridized carbons (Fsp3) is 0.455. The number of benzene rings is 1. The summed E-state index contributed by atoms with van der Waals surface area (Å²) in [6, 6.07) is 7.10. The number of rotatable bonds is 6. The van der Waals surface area contributed by atoms with E-state index in [-0.39, 0.29) is 10.7 Å². The third-order valence-electron chi connectivity index (χ3n) is 4.56. The van der Waals surface area contributed by atoms with Crippen LogP contribution in [0.5, 0.6) is 0 Å². The standard InChI is InChI=1S/C22H27ClFN3O5/c1-20(2,3)32-19(28)26-21(4,5)14-10-17(13-7-8-16(24)15(23)9-13)25-18(11-14)22(6,29)12-27(30)31/h7-11,29H,12H2,1-6H3,(H,26,28). The van der Waals surface area contributed by atoms with Crippen LogP contribution in [-0.4, -0.2) is 33.3 Å². The van der Waals surface area contributed by atoms with Crippen LogP contribution in [0.25, 0.3) is 11.3 Å². The average molecular weight is 468 g/mol. The second-order valence-corrected chi connectivity index (χ2v) is 9.68. The predicted octanol–water partition coefficient (Wildman–Crippen LogP) is 4.79. The fourth-order valence-electron chi connectivity index (χ4n) is 2.93. The molecule has 174 valence electrons. The lowest BCUT2D eigenvalue weighted by molar-refractivity contribution is -0.501. The number of nitrogens with zero attached hydrogens (tertiary/aromatic N) is 2. The van der Waals surface area contributed by atoms with Gasteiger partial charge in [-0.15, -0.1) is 0 Å². The van der Waals surface area contributed by atoms with Gasteiger partial charge in [-0.25, -0.2) is 14.2 Å². The highest BCUT2D eigenvalue weighted by Gasteiger charge is 2.34. The summed E-state index contributed by atoms with van der Waals surface area (Å²) in [4.78, 5) is 27.2. The summed E-state index contributed by atoms with van der Waals surface area (Å²) < 4.78 is 19.0. The summed E-state index contributed by atoms with van der Waals surface area (Å²) in [5.74, 6) is -0.612. The Morgan fingerprint density at radius 1 is 1.22 bits per heavy atom. The number of carbonyl (C=O) groups excluding carboxylic acids is 1. The third-order valence-corrected chi connectivity index (χ3v) is 4.85. The number of nitrogens with one attached hydrogen (secondary N) is 1. The molecular formula is C22H27ClFN3O5. The highest BCUT2D eigenvalue weighted by Crippen LogP contribution is 2.32. The normalized spacial score (nSPS) is 13.9. The number of pyridine rings is 1. The lowest BCUT2D eigenvalue weighted by Gasteiger charge is -2.30. The van der Waals surface area contributed by atoms with E-state index in [9.17, 15) is 24.4 Å². The zero-order valence-electron chi connectivity index (χ0n) is 18.8. The second-order valence-electron chi connectivity index (χ2n) is 9.27. The summed E-state index contributed by atoms with van der Waals surface area (Å²) in [5, 5.41) is 24.5. The van der Waals surface area contributed by atoms with Gasteiger partial charge in [0.1, 0.15) is 11.4 Å². The first kappa shape index (κ1) is 25.5. The van der Waals surface area contributed by atoms with Gasteiger partial charge in [0.25, 0.3) is 0 Å². The van der Waals surface area contributed by atoms with E-state index >= 15 is 0 Å². The van der Waals surface area contributed by atoms with Gasteiger partial charge in [-0.05, 0) is 77.4 Å². The zero-order chi connectivity index (χ0) is 24.5. The summed E-state index contributed by atoms with van der Waals surface area (Å²) >= 11 is 5.91. The van der Waals surface area contributed by atoms with Crippen LogP contribution in [0.1, 0.15) is 52.8 Å². The van der Waals surface area contributed by atoms with E-state index in [4.69, 9.17) is 16.3 Å². The van der Waals surface area contributed by atoms with Crippen LogP contribution >= 0.6 is 11.6 Å². The number of ether oxygens (including phenoxy) is 1. The topological polar surface area (TPSA) is 115 Å². The molecule has 0 saturated heterocycles. The molecule has 0 bridgehead atoms. The number of nitro groups is 1. The van der Waals surface area contributed by atoms with Crippen molar-refractivity contribution in [3.05, 3.63) is 62.5 Å². The number of hydrogen-bond donors (Lipinski definition) is 2. The quantitative estimate of drug-likeness (QED) is 0.466. The van der Waals surface area contributed by atoms with Crippen molar-refractivity contribution in [2.24, 2.45) is 0 Å². The minimum Gasteiger partial charge on any atom is -0.444 e. The van der Waals surface area contributed by atoms with Crippen molar-refractivity contribution >= 4 is 17.7 Å². The van der Waals surface area contributed by atoms with Crippen LogP contribution in [0, 0.1) is 15.9 Å². The van der Waals surface area contributed by atoms with Crippen molar-refractivity contribution in [1.29, 1.82) is 0 Å². The van der Waals surface area contributed by atoms with E-state index in [0.29, 0.717) is 16.8 Å². The largest absolute Gasteiger partial charge is 0.444 e. The first-order valence-electron chi connectivity index (χ1n) is 9.84. The molecule has 1 aromatic heterocycles. The van der Waals surface area contributed by atoms with E-state index in [1.165, 1.54) is 31.2 Å². The van der Waals surface area contributed by atoms with E-state index in [1.807, 2.05) is 0 Å². The maximum absolute atomic E-state index is 13.6. The van der Waals surface area contributed by atoms with Crippen molar-refractivity contribution in [2.75, 3.05) is 6.54 Å². The molecule has 2 rings (SSSR count). The molecule has 0 aliphatic carbocycles. The van der Waals surface area contributed by atoms with Gasteiger partial charge in [0.2, 0.25) is 6.54 Å². The molecule has 2 N–H and O–H groups in total. The lowest BCUT2D eigenvalue weighted by atomic mass is 9.90. The van der Waals surface area contributed by atoms with E-state index in [2.05, 4.69) is 10.3 Å². The molecule has 1 atom stereocenters. The number of carbonyl (C=O) groups is 1. The molecule has 0 aliphatic rings. The predicted molar refractivity (Wildman–Crippen MR) is 118 cm³/mol. The van der Waals surface area contributed by atoms with Crippen LogP contribution < -0.4 is 5.32 Å². The lowest BCUT2D eigenvalue weighted by Crippen LogP contribution is -2.44. The molecule has 2 aromatic rings. The van der Waals surface area contributed by atoms with Crippen LogP contribution in [0.4, 0.5) is 9.18 Å². The van der Waals surface area contributed by atoms with Gasteiger partial charge >= 0.3 is 6.09 Å². The monoisotopic (exact) mass is 467 g/mol. The molecule has 0 spiro atoms. The summed E-state index contributed by atoms with van der Waals surface area (Å²) in [6.07, 6.45) is -0.663. The third kappa shape index (κ3) is 6.61. The molecule has 0 radical (unpaired) electrons. The smallest absolute Gasteiger partial charge is 0.408 e. The van der Waals surface area contributed by atoms with Crippen molar-refractivity contribution < 1.29 is 24.0 Å². The van der Waals surface area contributed by atoms with Crippen molar-refractivity contribution in [3.63, 3.8) is 0 Å². The number of aromatic nitrogens is 1. The molecule has 1 heterocycles. The maximum atomic E-state index is 13.6. The van der Waals surface area contributed by atoms with Crippen molar-refractivity contribution in [2.45, 2.75) is 58.3 Å². The Balaban J connectivity index is 2.60. The van der Waals surface area contributed by atoms with E-state index in [0.717, 1.165) is 0 Å². The van der Waals surface area contributed by atoms with Gasteiger partial charge in [-0.1, -0.05) is 11.6 Å². The first-order chi connectivity index (χ1) is 14.5. The number of halogens is 2. The van der Waals surface area contributed by atoms with Gasteiger partial charge in [-0.2, -0.15) is 0 Å². The molecule has 8 nitrogen and oxygen atoms in total. The van der Waals surface area contributed by atoms with E-state index in [1.54, 1.807) is 40.7 Å². The van der Waals surface area contributed by atoms with Gasteiger partial charge in [-0.3, -0.25) is 10.1 Å². The minimum atomic E-state index is -1.90. The molecule has 1 aromatic carbocycles. The molecule has 1 unspecified atom stereocenters. The number of hydrogen-bond acceptors (Lipinski definition) is 6. The average Bonchev–Trinajstić information content (AvgIpc) is 2.60. The number of alkyl carbamates (subject to hydrolysis) is 1. The van der Waals surface area contributed by atoms with Crippen LogP contribution in [0.15, 0.2) is 30.3 Å². The Morgan fingerprint density at radius 3 is 2.38 bits per heavy atom. The first-order valence-corrected chi connectivity index (χ1v) is 10.2. The number of aliphatic hydroxyl groups is 1. The summed E-state index contributed by atoms with van der Waals surface area (Å²) in [5.41, 5.74) is -2.39. The highest BCUT2D eigenvalue weighted by molar-refractivity contribution is 6.31.